The summed E-state index contributed by atoms with van der Waals surface area (Å²) in [5.41, 5.74) is 1.55. The molecule has 1 fully saturated rings. The van der Waals surface area contributed by atoms with Crippen LogP contribution in [0.3, 0.4) is 0 Å². The van der Waals surface area contributed by atoms with E-state index in [1.807, 2.05) is 0 Å². The second-order valence-electron chi connectivity index (χ2n) is 8.39. The van der Waals surface area contributed by atoms with Crippen molar-refractivity contribution in [3.8, 4) is 5.75 Å². The molecule has 188 valence electrons. The minimum atomic E-state index is -0.344. The number of benzene rings is 2. The summed E-state index contributed by atoms with van der Waals surface area (Å²) in [6, 6.07) is 12.1. The molecule has 2 amide bonds. The molecule has 9 heteroatoms. The van der Waals surface area contributed by atoms with Gasteiger partial charge in [-0.1, -0.05) is 32.3 Å². The summed E-state index contributed by atoms with van der Waals surface area (Å²) in [7, 11) is 0. The van der Waals surface area contributed by atoms with Gasteiger partial charge in [0.1, 0.15) is 5.75 Å². The van der Waals surface area contributed by atoms with Crippen molar-refractivity contribution in [1.82, 2.24) is 10.6 Å². The zero-order chi connectivity index (χ0) is 25.0. The van der Waals surface area contributed by atoms with E-state index in [2.05, 4.69) is 38.8 Å². The fraction of sp³-hybridized carbons (Fsp3) is 0.423. The van der Waals surface area contributed by atoms with Crippen molar-refractivity contribution in [2.45, 2.75) is 51.6 Å². The number of thiocarbonyl (C=S) groups is 1. The van der Waals surface area contributed by atoms with Gasteiger partial charge in [-0.25, -0.2) is 0 Å². The number of halogens is 1. The number of carbonyl (C=O) groups is 2. The van der Waals surface area contributed by atoms with Gasteiger partial charge in [0, 0.05) is 30.0 Å². The summed E-state index contributed by atoms with van der Waals surface area (Å²) in [5.74, 6) is 0.174. The Balaban J connectivity index is 1.49. The quantitative estimate of drug-likeness (QED) is 0.250. The van der Waals surface area contributed by atoms with E-state index in [1.54, 1.807) is 42.5 Å². The van der Waals surface area contributed by atoms with Crippen LogP contribution in [0.1, 0.15) is 66.2 Å². The Labute approximate surface area is 220 Å². The summed E-state index contributed by atoms with van der Waals surface area (Å²) in [5, 5.41) is 8.67. The van der Waals surface area contributed by atoms with Gasteiger partial charge in [0.15, 0.2) is 5.11 Å². The van der Waals surface area contributed by atoms with Crippen molar-refractivity contribution >= 4 is 50.8 Å². The molecule has 2 aromatic rings. The zero-order valence-corrected chi connectivity index (χ0v) is 22.3. The molecular weight excluding hydrogens is 530 g/mol. The standard InChI is InChI=1S/C26H32BrN3O4S/c1-2-3-4-5-13-34-23-12-11-19(16-22(23)27)25(32)30-26(35)29-20-9-6-8-18(15-20)24(31)28-17-21-10-7-14-33-21/h6,8-9,11-12,15-16,21H,2-5,7,10,13-14,17H2,1H3,(H,28,31)(H2,29,30,32,35). The van der Waals surface area contributed by atoms with Crippen LogP contribution in [0.5, 0.6) is 5.75 Å². The Bertz CT molecular complexity index is 1030. The third-order valence-electron chi connectivity index (χ3n) is 5.57. The Kier molecular flexibility index (Phi) is 11.0. The lowest BCUT2D eigenvalue weighted by atomic mass is 10.1. The molecule has 2 aromatic carbocycles. The van der Waals surface area contributed by atoms with Crippen LogP contribution in [0.4, 0.5) is 5.69 Å². The first-order chi connectivity index (χ1) is 17.0. The number of hydrogen-bond acceptors (Lipinski definition) is 5. The Morgan fingerprint density at radius 3 is 2.69 bits per heavy atom. The van der Waals surface area contributed by atoms with Crippen LogP contribution in [-0.4, -0.2) is 42.8 Å². The number of amides is 2. The topological polar surface area (TPSA) is 88.7 Å². The lowest BCUT2D eigenvalue weighted by Gasteiger charge is -2.13. The van der Waals surface area contributed by atoms with E-state index in [-0.39, 0.29) is 23.0 Å². The Morgan fingerprint density at radius 1 is 1.11 bits per heavy atom. The first-order valence-corrected chi connectivity index (χ1v) is 13.2. The van der Waals surface area contributed by atoms with Gasteiger partial charge in [-0.15, -0.1) is 0 Å². The largest absolute Gasteiger partial charge is 0.492 e. The van der Waals surface area contributed by atoms with E-state index in [4.69, 9.17) is 21.7 Å². The van der Waals surface area contributed by atoms with Crippen molar-refractivity contribution in [2.24, 2.45) is 0 Å². The third-order valence-corrected chi connectivity index (χ3v) is 6.40. The van der Waals surface area contributed by atoms with E-state index in [0.717, 1.165) is 32.3 Å². The van der Waals surface area contributed by atoms with Crippen LogP contribution in [0.25, 0.3) is 0 Å². The van der Waals surface area contributed by atoms with Gasteiger partial charge >= 0.3 is 0 Å². The fourth-order valence-corrected chi connectivity index (χ4v) is 4.36. The molecule has 1 heterocycles. The zero-order valence-electron chi connectivity index (χ0n) is 19.9. The van der Waals surface area contributed by atoms with Crippen LogP contribution in [0, 0.1) is 0 Å². The summed E-state index contributed by atoms with van der Waals surface area (Å²) in [6.45, 7) is 4.05. The van der Waals surface area contributed by atoms with E-state index in [0.29, 0.717) is 40.2 Å². The third kappa shape index (κ3) is 8.91. The maximum atomic E-state index is 12.7. The van der Waals surface area contributed by atoms with Crippen LogP contribution in [-0.2, 0) is 4.74 Å². The molecule has 0 aromatic heterocycles. The van der Waals surface area contributed by atoms with Crippen LogP contribution >= 0.6 is 28.1 Å². The van der Waals surface area contributed by atoms with Crippen molar-refractivity contribution in [2.75, 3.05) is 25.1 Å². The van der Waals surface area contributed by atoms with Gasteiger partial charge < -0.3 is 20.1 Å². The molecule has 1 unspecified atom stereocenters. The number of carbonyl (C=O) groups excluding carboxylic acids is 2. The molecule has 0 saturated carbocycles. The molecular formula is C26H32BrN3O4S. The molecule has 0 aliphatic carbocycles. The molecule has 0 bridgehead atoms. The maximum absolute atomic E-state index is 12.7. The monoisotopic (exact) mass is 561 g/mol. The van der Waals surface area contributed by atoms with Gasteiger partial charge in [0.25, 0.3) is 11.8 Å². The second kappa shape index (κ2) is 14.2. The minimum absolute atomic E-state index is 0.0782. The van der Waals surface area contributed by atoms with Gasteiger partial charge in [-0.2, -0.15) is 0 Å². The van der Waals surface area contributed by atoms with Crippen molar-refractivity contribution in [3.05, 3.63) is 58.1 Å². The summed E-state index contributed by atoms with van der Waals surface area (Å²) >= 11 is 8.77. The smallest absolute Gasteiger partial charge is 0.257 e. The highest BCUT2D eigenvalue weighted by molar-refractivity contribution is 9.10. The number of ether oxygens (including phenoxy) is 2. The fourth-order valence-electron chi connectivity index (χ4n) is 3.66. The predicted octanol–water partition coefficient (Wildman–Crippen LogP) is 5.44. The minimum Gasteiger partial charge on any atom is -0.492 e. The Morgan fingerprint density at radius 2 is 1.94 bits per heavy atom. The summed E-state index contributed by atoms with van der Waals surface area (Å²) in [4.78, 5) is 25.1. The lowest BCUT2D eigenvalue weighted by Crippen LogP contribution is -2.34. The van der Waals surface area contributed by atoms with Crippen LogP contribution < -0.4 is 20.7 Å². The average Bonchev–Trinajstić information content (AvgIpc) is 3.37. The first-order valence-electron chi connectivity index (χ1n) is 12.0. The SMILES string of the molecule is CCCCCCOc1ccc(C(=O)NC(=S)Nc2cccc(C(=O)NCC3CCCO3)c2)cc1Br. The molecule has 3 N–H and O–H groups in total. The van der Waals surface area contributed by atoms with Gasteiger partial charge in [0.05, 0.1) is 17.2 Å². The van der Waals surface area contributed by atoms with Gasteiger partial charge in [0.2, 0.25) is 0 Å². The molecule has 1 atom stereocenters. The summed E-state index contributed by atoms with van der Waals surface area (Å²) in [6.07, 6.45) is 6.58. The molecule has 3 rings (SSSR count). The molecule has 0 radical (unpaired) electrons. The maximum Gasteiger partial charge on any atom is 0.257 e. The average molecular weight is 563 g/mol. The lowest BCUT2D eigenvalue weighted by molar-refractivity contribution is 0.0857. The number of hydrogen-bond donors (Lipinski definition) is 3. The number of unbranched alkanes of at least 4 members (excludes halogenated alkanes) is 3. The van der Waals surface area contributed by atoms with Crippen LogP contribution in [0.2, 0.25) is 0 Å². The molecule has 35 heavy (non-hydrogen) atoms. The van der Waals surface area contributed by atoms with Crippen molar-refractivity contribution < 1.29 is 19.1 Å². The first kappa shape index (κ1) is 27.1. The van der Waals surface area contributed by atoms with E-state index in [1.165, 1.54) is 12.8 Å². The predicted molar refractivity (Wildman–Crippen MR) is 145 cm³/mol. The van der Waals surface area contributed by atoms with E-state index < -0.39 is 0 Å². The van der Waals surface area contributed by atoms with E-state index >= 15 is 0 Å². The number of rotatable bonds is 11. The van der Waals surface area contributed by atoms with Crippen molar-refractivity contribution in [1.29, 1.82) is 0 Å². The Hall–Kier alpha value is -2.49. The molecule has 1 saturated heterocycles. The highest BCUT2D eigenvalue weighted by atomic mass is 79.9. The van der Waals surface area contributed by atoms with Gasteiger partial charge in [-0.05, 0) is 83.8 Å². The van der Waals surface area contributed by atoms with Crippen molar-refractivity contribution in [3.63, 3.8) is 0 Å². The second-order valence-corrected chi connectivity index (χ2v) is 9.65. The van der Waals surface area contributed by atoms with E-state index in [9.17, 15) is 9.59 Å². The van der Waals surface area contributed by atoms with Gasteiger partial charge in [-0.3, -0.25) is 14.9 Å². The number of nitrogens with one attached hydrogen (secondary N) is 3. The normalized spacial score (nSPS) is 14.9. The molecule has 0 spiro atoms. The highest BCUT2D eigenvalue weighted by Crippen LogP contribution is 2.26. The molecule has 1 aliphatic heterocycles. The highest BCUT2D eigenvalue weighted by Gasteiger charge is 2.17. The summed E-state index contributed by atoms with van der Waals surface area (Å²) < 4.78 is 12.0. The molecule has 7 nitrogen and oxygen atoms in total. The molecule has 1 aliphatic rings. The number of anilines is 1. The van der Waals surface area contributed by atoms with Crippen LogP contribution in [0.15, 0.2) is 46.9 Å².